The molecule has 0 aromatic heterocycles. The Bertz CT molecular complexity index is 415. The number of hydrogen-bond acceptors (Lipinski definition) is 1. The van der Waals surface area contributed by atoms with Crippen molar-refractivity contribution in [3.8, 4) is 0 Å². The molecule has 0 aliphatic heterocycles. The van der Waals surface area contributed by atoms with Crippen LogP contribution in [0.15, 0.2) is 24.3 Å². The molecule has 1 aromatic rings. The van der Waals surface area contributed by atoms with Gasteiger partial charge in [0.25, 0.3) is 0 Å². The molecule has 0 N–H and O–H groups in total. The Hall–Kier alpha value is -1.31. The smallest absolute Gasteiger partial charge is 0.232 e. The van der Waals surface area contributed by atoms with E-state index in [1.807, 2.05) is 26.1 Å². The van der Waals surface area contributed by atoms with E-state index in [1.165, 1.54) is 5.56 Å². The van der Waals surface area contributed by atoms with Gasteiger partial charge in [-0.1, -0.05) is 32.9 Å². The van der Waals surface area contributed by atoms with Crippen molar-refractivity contribution in [1.29, 1.82) is 0 Å². The van der Waals surface area contributed by atoms with E-state index in [0.29, 0.717) is 5.92 Å². The van der Waals surface area contributed by atoms with Gasteiger partial charge in [-0.15, -0.1) is 0 Å². The van der Waals surface area contributed by atoms with Crippen LogP contribution in [0.5, 0.6) is 0 Å². The number of carbonyl (C=O) groups is 1. The normalized spacial score (nSPS) is 17.0. The van der Waals surface area contributed by atoms with Gasteiger partial charge >= 0.3 is 0 Å². The van der Waals surface area contributed by atoms with Crippen LogP contribution in [0.4, 0.5) is 5.69 Å². The summed E-state index contributed by atoms with van der Waals surface area (Å²) >= 11 is 0. The van der Waals surface area contributed by atoms with E-state index in [-0.39, 0.29) is 11.3 Å². The zero-order valence-corrected chi connectivity index (χ0v) is 11.2. The number of rotatable bonds is 3. The fraction of sp³-hybridized carbons (Fsp3) is 0.533. The van der Waals surface area contributed by atoms with E-state index in [1.54, 1.807) is 4.90 Å². The fourth-order valence-corrected chi connectivity index (χ4v) is 2.01. The Balaban J connectivity index is 2.14. The average molecular weight is 231 g/mol. The number of anilines is 1. The molecule has 1 amide bonds. The van der Waals surface area contributed by atoms with Crippen LogP contribution < -0.4 is 4.90 Å². The molecule has 2 rings (SSSR count). The van der Waals surface area contributed by atoms with Gasteiger partial charge in [0.2, 0.25) is 5.91 Å². The summed E-state index contributed by atoms with van der Waals surface area (Å²) < 4.78 is 0. The van der Waals surface area contributed by atoms with Crippen molar-refractivity contribution in [3.63, 3.8) is 0 Å². The number of benzene rings is 1. The van der Waals surface area contributed by atoms with Crippen molar-refractivity contribution in [2.24, 2.45) is 5.41 Å². The summed E-state index contributed by atoms with van der Waals surface area (Å²) in [5.74, 6) is 0.779. The third-order valence-corrected chi connectivity index (χ3v) is 3.77. The first-order chi connectivity index (χ1) is 7.94. The lowest BCUT2D eigenvalue weighted by molar-refractivity contribution is -0.122. The van der Waals surface area contributed by atoms with Crippen LogP contribution >= 0.6 is 0 Å². The first-order valence-corrected chi connectivity index (χ1v) is 6.32. The van der Waals surface area contributed by atoms with Crippen LogP contribution in [-0.4, -0.2) is 13.0 Å². The molecule has 0 atom stereocenters. The van der Waals surface area contributed by atoms with Crippen LogP contribution in [-0.2, 0) is 4.79 Å². The van der Waals surface area contributed by atoms with Crippen molar-refractivity contribution < 1.29 is 4.79 Å². The van der Waals surface area contributed by atoms with Crippen molar-refractivity contribution in [2.45, 2.75) is 39.5 Å². The predicted octanol–water partition coefficient (Wildman–Crippen LogP) is 3.57. The maximum Gasteiger partial charge on any atom is 0.232 e. The van der Waals surface area contributed by atoms with Crippen molar-refractivity contribution >= 4 is 11.6 Å². The second kappa shape index (κ2) is 4.17. The van der Waals surface area contributed by atoms with Crippen LogP contribution in [0.1, 0.15) is 45.1 Å². The van der Waals surface area contributed by atoms with E-state index in [2.05, 4.69) is 26.0 Å². The third-order valence-electron chi connectivity index (χ3n) is 3.77. The average Bonchev–Trinajstić information content (AvgIpc) is 3.07. The van der Waals surface area contributed by atoms with E-state index >= 15 is 0 Å². The van der Waals surface area contributed by atoms with E-state index in [0.717, 1.165) is 18.5 Å². The Morgan fingerprint density at radius 2 is 1.76 bits per heavy atom. The molecule has 1 aliphatic carbocycles. The van der Waals surface area contributed by atoms with Gasteiger partial charge in [-0.05, 0) is 36.5 Å². The topological polar surface area (TPSA) is 20.3 Å². The highest BCUT2D eigenvalue weighted by molar-refractivity contribution is 5.98. The van der Waals surface area contributed by atoms with Gasteiger partial charge in [0, 0.05) is 18.2 Å². The summed E-state index contributed by atoms with van der Waals surface area (Å²) in [7, 11) is 1.87. The van der Waals surface area contributed by atoms with Crippen molar-refractivity contribution in [3.05, 3.63) is 29.8 Å². The molecule has 17 heavy (non-hydrogen) atoms. The molecule has 1 aliphatic rings. The highest BCUT2D eigenvalue weighted by Crippen LogP contribution is 2.46. The van der Waals surface area contributed by atoms with Crippen LogP contribution in [0.3, 0.4) is 0 Å². The Morgan fingerprint density at radius 1 is 1.24 bits per heavy atom. The molecule has 0 bridgehead atoms. The highest BCUT2D eigenvalue weighted by atomic mass is 16.2. The molecule has 0 saturated heterocycles. The summed E-state index contributed by atoms with van der Waals surface area (Å²) in [6.07, 6.45) is 2.06. The van der Waals surface area contributed by atoms with E-state index < -0.39 is 0 Å². The number of hydrogen-bond donors (Lipinski definition) is 0. The molecule has 0 unspecified atom stereocenters. The minimum absolute atomic E-state index is 0.0918. The maximum atomic E-state index is 12.2. The molecular weight excluding hydrogens is 210 g/mol. The molecule has 0 radical (unpaired) electrons. The van der Waals surface area contributed by atoms with Gasteiger partial charge < -0.3 is 4.90 Å². The summed E-state index contributed by atoms with van der Waals surface area (Å²) in [6, 6.07) is 8.30. The van der Waals surface area contributed by atoms with E-state index in [4.69, 9.17) is 0 Å². The zero-order valence-electron chi connectivity index (χ0n) is 11.2. The lowest BCUT2D eigenvalue weighted by atomic mass is 10.0. The lowest BCUT2D eigenvalue weighted by Crippen LogP contribution is -2.32. The SMILES string of the molecule is CC(C)c1ccc(N(C)C(=O)C2(C)CC2)cc1. The second-order valence-corrected chi connectivity index (χ2v) is 5.67. The van der Waals surface area contributed by atoms with Crippen LogP contribution in [0, 0.1) is 5.41 Å². The zero-order chi connectivity index (χ0) is 12.6. The minimum atomic E-state index is -0.0918. The molecule has 1 fully saturated rings. The third kappa shape index (κ3) is 2.36. The molecular formula is C15H21NO. The predicted molar refractivity (Wildman–Crippen MR) is 71.3 cm³/mol. The summed E-state index contributed by atoms with van der Waals surface area (Å²) in [6.45, 7) is 6.40. The van der Waals surface area contributed by atoms with Gasteiger partial charge in [0.05, 0.1) is 0 Å². The van der Waals surface area contributed by atoms with Gasteiger partial charge in [-0.2, -0.15) is 0 Å². The molecule has 92 valence electrons. The van der Waals surface area contributed by atoms with Gasteiger partial charge in [0.1, 0.15) is 0 Å². The standard InChI is InChI=1S/C15H21NO/c1-11(2)12-5-7-13(8-6-12)16(4)14(17)15(3)9-10-15/h5-8,11H,9-10H2,1-4H3. The lowest BCUT2D eigenvalue weighted by Gasteiger charge is -2.21. The summed E-state index contributed by atoms with van der Waals surface area (Å²) in [5.41, 5.74) is 2.21. The fourth-order valence-electron chi connectivity index (χ4n) is 2.01. The monoisotopic (exact) mass is 231 g/mol. The first kappa shape index (κ1) is 12.2. The van der Waals surface area contributed by atoms with Crippen LogP contribution in [0.2, 0.25) is 0 Å². The summed E-state index contributed by atoms with van der Waals surface area (Å²) in [4.78, 5) is 14.0. The molecule has 1 saturated carbocycles. The Morgan fingerprint density at radius 3 is 2.18 bits per heavy atom. The number of nitrogens with zero attached hydrogens (tertiary/aromatic N) is 1. The second-order valence-electron chi connectivity index (χ2n) is 5.67. The number of amides is 1. The molecule has 1 aromatic carbocycles. The Labute approximate surface area is 104 Å². The first-order valence-electron chi connectivity index (χ1n) is 6.32. The largest absolute Gasteiger partial charge is 0.315 e. The minimum Gasteiger partial charge on any atom is -0.315 e. The molecule has 0 heterocycles. The summed E-state index contributed by atoms with van der Waals surface area (Å²) in [5, 5.41) is 0. The van der Waals surface area contributed by atoms with E-state index in [9.17, 15) is 4.79 Å². The van der Waals surface area contributed by atoms with Gasteiger partial charge in [-0.25, -0.2) is 0 Å². The highest BCUT2D eigenvalue weighted by Gasteiger charge is 2.46. The Kier molecular flexibility index (Phi) is 2.98. The van der Waals surface area contributed by atoms with Crippen LogP contribution in [0.25, 0.3) is 0 Å². The molecule has 2 heteroatoms. The van der Waals surface area contributed by atoms with Gasteiger partial charge in [0.15, 0.2) is 0 Å². The molecule has 2 nitrogen and oxygen atoms in total. The quantitative estimate of drug-likeness (QED) is 0.778. The number of carbonyl (C=O) groups excluding carboxylic acids is 1. The molecule has 0 spiro atoms. The van der Waals surface area contributed by atoms with Gasteiger partial charge in [-0.3, -0.25) is 4.79 Å². The van der Waals surface area contributed by atoms with Crippen molar-refractivity contribution in [2.75, 3.05) is 11.9 Å². The van der Waals surface area contributed by atoms with Crippen molar-refractivity contribution in [1.82, 2.24) is 0 Å². The maximum absolute atomic E-state index is 12.2.